The summed E-state index contributed by atoms with van der Waals surface area (Å²) in [7, 11) is -6.82. The Balaban J connectivity index is 3.30. The van der Waals surface area contributed by atoms with Crippen LogP contribution in [0.1, 0.15) is 10.4 Å². The maximum Gasteiger partial charge on any atom is 0.433 e. The normalized spacial score (nSPS) is 14.8. The fourth-order valence-corrected chi connectivity index (χ4v) is 2.71. The number of benzene rings is 1. The number of sulfonamides is 1. The van der Waals surface area contributed by atoms with Gasteiger partial charge in [-0.05, 0) is 12.1 Å². The molecule has 0 bridgehead atoms. The first-order valence-corrected chi connectivity index (χ1v) is 8.27. The highest BCUT2D eigenvalue weighted by atomic mass is 32.2. The van der Waals surface area contributed by atoms with Gasteiger partial charge in [-0.3, -0.25) is 4.79 Å². The van der Waals surface area contributed by atoms with Crippen LogP contribution in [0, 0.1) is 0 Å². The Morgan fingerprint density at radius 1 is 1.08 bits per heavy atom. The molecule has 0 saturated carbocycles. The Morgan fingerprint density at radius 2 is 1.56 bits per heavy atom. The van der Waals surface area contributed by atoms with E-state index in [1.54, 1.807) is 0 Å². The van der Waals surface area contributed by atoms with Crippen LogP contribution in [-0.4, -0.2) is 44.6 Å². The molecule has 142 valence electrons. The smallest absolute Gasteiger partial charge is 0.433 e. The second-order valence-corrected chi connectivity index (χ2v) is 7.04. The van der Waals surface area contributed by atoms with Crippen LogP contribution in [0.2, 0.25) is 0 Å². The molecule has 0 aromatic heterocycles. The van der Waals surface area contributed by atoms with Gasteiger partial charge in [0.1, 0.15) is 5.75 Å². The predicted molar refractivity (Wildman–Crippen MR) is 70.1 cm³/mol. The summed E-state index contributed by atoms with van der Waals surface area (Å²) in [4.78, 5) is 11.5. The van der Waals surface area contributed by atoms with Crippen molar-refractivity contribution in [2.75, 3.05) is 0 Å². The lowest BCUT2D eigenvalue weighted by atomic mass is 10.2. The number of carbonyl (C=O) groups is 1. The monoisotopic (exact) mass is 415 g/mol. The third kappa shape index (κ3) is 3.43. The zero-order valence-electron chi connectivity index (χ0n) is 11.4. The van der Waals surface area contributed by atoms with Gasteiger partial charge in [0, 0.05) is 0 Å². The summed E-state index contributed by atoms with van der Waals surface area (Å²) < 4.78 is 120. The van der Waals surface area contributed by atoms with E-state index in [2.05, 4.69) is 0 Å². The van der Waals surface area contributed by atoms with E-state index < -0.39 is 54.8 Å². The van der Waals surface area contributed by atoms with E-state index in [1.807, 2.05) is 0 Å². The van der Waals surface area contributed by atoms with Crippen LogP contribution in [0.4, 0.5) is 26.3 Å². The van der Waals surface area contributed by atoms with Gasteiger partial charge in [0.25, 0.3) is 5.91 Å². The summed E-state index contributed by atoms with van der Waals surface area (Å²) in [6.07, 6.45) is 0. The van der Waals surface area contributed by atoms with Crippen molar-refractivity contribution < 1.29 is 53.4 Å². The largest absolute Gasteiger partial charge is 0.507 e. The molecule has 1 unspecified atom stereocenters. The van der Waals surface area contributed by atoms with E-state index in [4.69, 9.17) is 4.55 Å². The van der Waals surface area contributed by atoms with Crippen LogP contribution in [0.5, 0.6) is 5.75 Å². The molecule has 0 aliphatic carbocycles. The summed E-state index contributed by atoms with van der Waals surface area (Å²) in [5, 5.41) is -3.76. The number of aromatic hydroxyl groups is 1. The molecule has 0 aliphatic rings. The molecule has 0 radical (unpaired) electrons. The minimum atomic E-state index is -6.86. The number of rotatable bonds is 6. The first-order chi connectivity index (χ1) is 11.1. The summed E-state index contributed by atoms with van der Waals surface area (Å²) in [5.41, 5.74) is -0.942. The predicted octanol–water partition coefficient (Wildman–Crippen LogP) is 1.49. The van der Waals surface area contributed by atoms with Crippen molar-refractivity contribution in [2.24, 2.45) is 0 Å². The number of amides is 1. The van der Waals surface area contributed by atoms with Gasteiger partial charge < -0.3 is 9.66 Å². The summed E-state index contributed by atoms with van der Waals surface area (Å²) >= 11 is -4.86. The van der Waals surface area contributed by atoms with Crippen LogP contribution in [0.25, 0.3) is 0 Å². The van der Waals surface area contributed by atoms with Crippen LogP contribution < -0.4 is 4.72 Å². The molecule has 0 fully saturated rings. The highest BCUT2D eigenvalue weighted by molar-refractivity contribution is 7.91. The van der Waals surface area contributed by atoms with Gasteiger partial charge in [-0.25, -0.2) is 8.93 Å². The Labute approximate surface area is 138 Å². The standard InChI is InChI=1S/C10H7F6NO6S2/c11-8(12,9(13,14)24(20)21)10(15,16)25(22,23)17-7(19)5-3-1-2-4-6(5)18/h1-4,18H,(H,17,19)(H,20,21). The molecule has 0 saturated heterocycles. The molecule has 1 aromatic rings. The third-order valence-corrected chi connectivity index (χ3v) is 4.74. The quantitative estimate of drug-likeness (QED) is 0.478. The molecule has 1 rings (SSSR count). The molecular formula is C10H7F6NO6S2. The molecule has 25 heavy (non-hydrogen) atoms. The fraction of sp³-hybridized carbons (Fsp3) is 0.300. The lowest BCUT2D eigenvalue weighted by molar-refractivity contribution is -0.244. The van der Waals surface area contributed by atoms with Gasteiger partial charge in [0.2, 0.25) is 11.1 Å². The highest BCUT2D eigenvalue weighted by Gasteiger charge is 2.80. The molecule has 1 atom stereocenters. The number of halogens is 6. The van der Waals surface area contributed by atoms with E-state index in [0.29, 0.717) is 10.8 Å². The molecule has 1 aromatic carbocycles. The van der Waals surface area contributed by atoms with Crippen LogP contribution in [-0.2, 0) is 21.1 Å². The van der Waals surface area contributed by atoms with Gasteiger partial charge in [-0.1, -0.05) is 12.1 Å². The van der Waals surface area contributed by atoms with Crippen molar-refractivity contribution in [3.63, 3.8) is 0 Å². The van der Waals surface area contributed by atoms with Crippen molar-refractivity contribution in [1.29, 1.82) is 0 Å². The summed E-state index contributed by atoms with van der Waals surface area (Å²) in [5.74, 6) is -9.81. The number of phenols is 1. The fourth-order valence-electron chi connectivity index (χ4n) is 1.35. The number of alkyl halides is 6. The second-order valence-electron chi connectivity index (χ2n) is 4.31. The number of hydrogen-bond acceptors (Lipinski definition) is 5. The van der Waals surface area contributed by atoms with Gasteiger partial charge in [-0.15, -0.1) is 0 Å². The number of nitrogens with one attached hydrogen (secondary N) is 1. The van der Waals surface area contributed by atoms with Gasteiger partial charge in [0.15, 0.2) is 0 Å². The number of phenolic OH excluding ortho intramolecular Hbond substituents is 1. The van der Waals surface area contributed by atoms with E-state index >= 15 is 0 Å². The molecule has 3 N–H and O–H groups in total. The van der Waals surface area contributed by atoms with E-state index in [1.165, 1.54) is 0 Å². The van der Waals surface area contributed by atoms with Crippen molar-refractivity contribution in [3.05, 3.63) is 29.8 Å². The average Bonchev–Trinajstić information content (AvgIpc) is 2.46. The molecule has 1 amide bonds. The van der Waals surface area contributed by atoms with Gasteiger partial charge in [0.05, 0.1) is 5.56 Å². The molecule has 0 heterocycles. The Hall–Kier alpha value is -1.87. The third-order valence-electron chi connectivity index (χ3n) is 2.66. The Morgan fingerprint density at radius 3 is 2.00 bits per heavy atom. The maximum absolute atomic E-state index is 13.5. The topological polar surface area (TPSA) is 121 Å². The Kier molecular flexibility index (Phi) is 5.47. The van der Waals surface area contributed by atoms with Crippen LogP contribution in [0.3, 0.4) is 0 Å². The van der Waals surface area contributed by atoms with Crippen molar-refractivity contribution in [2.45, 2.75) is 16.4 Å². The minimum Gasteiger partial charge on any atom is -0.507 e. The summed E-state index contributed by atoms with van der Waals surface area (Å²) in [6, 6.07) is 3.71. The zero-order chi connectivity index (χ0) is 19.8. The molecule has 0 spiro atoms. The number of hydrogen-bond donors (Lipinski definition) is 3. The van der Waals surface area contributed by atoms with E-state index in [9.17, 15) is 48.9 Å². The van der Waals surface area contributed by atoms with Gasteiger partial charge in [-0.2, -0.15) is 34.8 Å². The van der Waals surface area contributed by atoms with Crippen LogP contribution in [0.15, 0.2) is 24.3 Å². The van der Waals surface area contributed by atoms with Crippen molar-refractivity contribution in [3.8, 4) is 5.75 Å². The van der Waals surface area contributed by atoms with Crippen molar-refractivity contribution in [1.82, 2.24) is 4.72 Å². The first kappa shape index (κ1) is 21.2. The van der Waals surface area contributed by atoms with E-state index in [0.717, 1.165) is 18.2 Å². The highest BCUT2D eigenvalue weighted by Crippen LogP contribution is 2.49. The molecule has 7 nitrogen and oxygen atoms in total. The molecule has 15 heteroatoms. The zero-order valence-corrected chi connectivity index (χ0v) is 13.1. The molecular weight excluding hydrogens is 408 g/mol. The lowest BCUT2D eigenvalue weighted by Gasteiger charge is -2.29. The van der Waals surface area contributed by atoms with Crippen LogP contribution >= 0.6 is 0 Å². The number of para-hydroxylation sites is 1. The maximum atomic E-state index is 13.5. The average molecular weight is 415 g/mol. The minimum absolute atomic E-state index is 0.400. The SMILES string of the molecule is O=C(NS(=O)(=O)C(F)(F)C(F)(F)C(F)(F)S(=O)O)c1ccccc1O. The second kappa shape index (κ2) is 6.45. The lowest BCUT2D eigenvalue weighted by Crippen LogP contribution is -2.62. The van der Waals surface area contributed by atoms with Gasteiger partial charge >= 0.3 is 26.5 Å². The number of carbonyl (C=O) groups excluding carboxylic acids is 1. The van der Waals surface area contributed by atoms with E-state index in [-0.39, 0.29) is 0 Å². The Bertz CT molecular complexity index is 812. The van der Waals surface area contributed by atoms with Crippen molar-refractivity contribution >= 4 is 27.0 Å². The molecule has 0 aliphatic heterocycles. The summed E-state index contributed by atoms with van der Waals surface area (Å²) in [6.45, 7) is 0. The first-order valence-electron chi connectivity index (χ1n) is 5.68.